The van der Waals surface area contributed by atoms with Crippen LogP contribution in [0.25, 0.3) is 0 Å². The van der Waals surface area contributed by atoms with Gasteiger partial charge in [-0.2, -0.15) is 0 Å². The van der Waals surface area contributed by atoms with Gasteiger partial charge in [0.05, 0.1) is 36.4 Å². The Morgan fingerprint density at radius 3 is 2.56 bits per heavy atom. The first-order valence-corrected chi connectivity index (χ1v) is 6.70. The molecule has 1 heterocycles. The van der Waals surface area contributed by atoms with Crippen LogP contribution in [0, 0.1) is 5.92 Å². The highest BCUT2D eigenvalue weighted by Gasteiger charge is 2.13. The van der Waals surface area contributed by atoms with E-state index in [1.165, 1.54) is 0 Å². The molecule has 0 spiro atoms. The molecule has 0 saturated carbocycles. The lowest BCUT2D eigenvalue weighted by atomic mass is 10.1. The van der Waals surface area contributed by atoms with Crippen LogP contribution in [0.3, 0.4) is 0 Å². The second kappa shape index (κ2) is 7.93. The summed E-state index contributed by atoms with van der Waals surface area (Å²) in [6, 6.07) is 2.39. The Hall–Kier alpha value is -1.29. The maximum Gasteiger partial charge on any atom is 0.0670 e. The molecule has 0 radical (unpaired) electrons. The number of rotatable bonds is 8. The molecule has 1 rings (SSSR count). The number of pyridine rings is 1. The van der Waals surface area contributed by atoms with Crippen molar-refractivity contribution < 1.29 is 4.74 Å². The third kappa shape index (κ3) is 4.92. The SMILES string of the molecule is CCNc1cncc(NC(COCC)C(C)C)c1. The van der Waals surface area contributed by atoms with Crippen molar-refractivity contribution >= 4 is 11.4 Å². The second-order valence-electron chi connectivity index (χ2n) is 4.65. The van der Waals surface area contributed by atoms with E-state index in [4.69, 9.17) is 4.74 Å². The molecule has 18 heavy (non-hydrogen) atoms. The van der Waals surface area contributed by atoms with E-state index in [1.54, 1.807) is 0 Å². The number of ether oxygens (including phenoxy) is 1. The van der Waals surface area contributed by atoms with Crippen LogP contribution in [0.5, 0.6) is 0 Å². The molecule has 0 aliphatic heterocycles. The van der Waals surface area contributed by atoms with Crippen molar-refractivity contribution in [1.82, 2.24) is 4.98 Å². The third-order valence-electron chi connectivity index (χ3n) is 2.78. The maximum absolute atomic E-state index is 5.51. The van der Waals surface area contributed by atoms with Gasteiger partial charge in [-0.25, -0.2) is 0 Å². The van der Waals surface area contributed by atoms with Gasteiger partial charge < -0.3 is 15.4 Å². The predicted molar refractivity (Wildman–Crippen MR) is 77.1 cm³/mol. The van der Waals surface area contributed by atoms with Gasteiger partial charge in [-0.05, 0) is 25.8 Å². The summed E-state index contributed by atoms with van der Waals surface area (Å²) in [5, 5.41) is 6.74. The van der Waals surface area contributed by atoms with Crippen LogP contribution in [0.15, 0.2) is 18.5 Å². The Balaban J connectivity index is 2.64. The molecule has 0 amide bonds. The molecule has 0 aromatic carbocycles. The third-order valence-corrected chi connectivity index (χ3v) is 2.78. The number of hydrogen-bond acceptors (Lipinski definition) is 4. The number of nitrogens with zero attached hydrogens (tertiary/aromatic N) is 1. The molecule has 102 valence electrons. The van der Waals surface area contributed by atoms with Crippen LogP contribution < -0.4 is 10.6 Å². The monoisotopic (exact) mass is 251 g/mol. The van der Waals surface area contributed by atoms with Crippen molar-refractivity contribution in [2.75, 3.05) is 30.4 Å². The van der Waals surface area contributed by atoms with Crippen LogP contribution in [0.4, 0.5) is 11.4 Å². The van der Waals surface area contributed by atoms with Crippen LogP contribution in [0.2, 0.25) is 0 Å². The number of nitrogens with one attached hydrogen (secondary N) is 2. The fraction of sp³-hybridized carbons (Fsp3) is 0.643. The van der Waals surface area contributed by atoms with Crippen molar-refractivity contribution in [3.63, 3.8) is 0 Å². The normalized spacial score (nSPS) is 12.5. The summed E-state index contributed by atoms with van der Waals surface area (Å²) in [4.78, 5) is 4.23. The molecule has 0 bridgehead atoms. The standard InChI is InChI=1S/C14H25N3O/c1-5-16-12-7-13(9-15-8-12)17-14(11(3)4)10-18-6-2/h7-9,11,14,16-17H,5-6,10H2,1-4H3. The fourth-order valence-electron chi connectivity index (χ4n) is 1.68. The molecule has 1 aromatic heterocycles. The molecule has 0 fully saturated rings. The van der Waals surface area contributed by atoms with Crippen molar-refractivity contribution in [2.24, 2.45) is 5.92 Å². The van der Waals surface area contributed by atoms with Crippen molar-refractivity contribution in [2.45, 2.75) is 33.7 Å². The topological polar surface area (TPSA) is 46.2 Å². The Morgan fingerprint density at radius 2 is 1.94 bits per heavy atom. The highest BCUT2D eigenvalue weighted by atomic mass is 16.5. The molecule has 4 heteroatoms. The van der Waals surface area contributed by atoms with Gasteiger partial charge in [-0.15, -0.1) is 0 Å². The predicted octanol–water partition coefficient (Wildman–Crippen LogP) is 2.99. The first-order chi connectivity index (χ1) is 8.67. The number of anilines is 2. The molecular weight excluding hydrogens is 226 g/mol. The van der Waals surface area contributed by atoms with Gasteiger partial charge in [0.2, 0.25) is 0 Å². The van der Waals surface area contributed by atoms with Crippen molar-refractivity contribution in [3.05, 3.63) is 18.5 Å². The minimum atomic E-state index is 0.309. The minimum absolute atomic E-state index is 0.309. The van der Waals surface area contributed by atoms with E-state index in [1.807, 2.05) is 19.3 Å². The zero-order valence-electron chi connectivity index (χ0n) is 11.9. The van der Waals surface area contributed by atoms with E-state index < -0.39 is 0 Å². The second-order valence-corrected chi connectivity index (χ2v) is 4.65. The molecule has 2 N–H and O–H groups in total. The molecule has 1 aromatic rings. The van der Waals surface area contributed by atoms with E-state index in [0.717, 1.165) is 31.1 Å². The Bertz CT molecular complexity index is 342. The lowest BCUT2D eigenvalue weighted by molar-refractivity contribution is 0.127. The average molecular weight is 251 g/mol. The van der Waals surface area contributed by atoms with E-state index in [2.05, 4.69) is 42.5 Å². The van der Waals surface area contributed by atoms with E-state index in [9.17, 15) is 0 Å². The zero-order valence-corrected chi connectivity index (χ0v) is 11.9. The van der Waals surface area contributed by atoms with Crippen molar-refractivity contribution in [1.29, 1.82) is 0 Å². The van der Waals surface area contributed by atoms with Crippen molar-refractivity contribution in [3.8, 4) is 0 Å². The summed E-state index contributed by atoms with van der Waals surface area (Å²) in [6.45, 7) is 10.9. The molecule has 0 aliphatic rings. The minimum Gasteiger partial charge on any atom is -0.384 e. The fourth-order valence-corrected chi connectivity index (χ4v) is 1.68. The molecule has 4 nitrogen and oxygen atoms in total. The molecule has 1 unspecified atom stereocenters. The van der Waals surface area contributed by atoms with Crippen LogP contribution in [0.1, 0.15) is 27.7 Å². The Morgan fingerprint density at radius 1 is 1.22 bits per heavy atom. The number of aromatic nitrogens is 1. The van der Waals surface area contributed by atoms with Crippen LogP contribution in [-0.2, 0) is 4.74 Å². The quantitative estimate of drug-likeness (QED) is 0.745. The highest BCUT2D eigenvalue weighted by Crippen LogP contribution is 2.16. The lowest BCUT2D eigenvalue weighted by Gasteiger charge is -2.23. The summed E-state index contributed by atoms with van der Waals surface area (Å²) in [5.74, 6) is 0.513. The highest BCUT2D eigenvalue weighted by molar-refractivity contribution is 5.54. The van der Waals surface area contributed by atoms with Gasteiger partial charge in [0.25, 0.3) is 0 Å². The van der Waals surface area contributed by atoms with Gasteiger partial charge in [-0.1, -0.05) is 13.8 Å². The molecule has 1 atom stereocenters. The first-order valence-electron chi connectivity index (χ1n) is 6.70. The number of hydrogen-bond donors (Lipinski definition) is 2. The van der Waals surface area contributed by atoms with Gasteiger partial charge in [0, 0.05) is 13.2 Å². The van der Waals surface area contributed by atoms with Gasteiger partial charge >= 0.3 is 0 Å². The van der Waals surface area contributed by atoms with E-state index in [-0.39, 0.29) is 0 Å². The first kappa shape index (κ1) is 14.8. The molecular formula is C14H25N3O. The summed E-state index contributed by atoms with van der Waals surface area (Å²) >= 11 is 0. The summed E-state index contributed by atoms with van der Waals surface area (Å²) in [7, 11) is 0. The largest absolute Gasteiger partial charge is 0.384 e. The summed E-state index contributed by atoms with van der Waals surface area (Å²) in [5.41, 5.74) is 2.08. The Kier molecular flexibility index (Phi) is 6.50. The van der Waals surface area contributed by atoms with Gasteiger partial charge in [0.1, 0.15) is 0 Å². The summed E-state index contributed by atoms with van der Waals surface area (Å²) < 4.78 is 5.51. The average Bonchev–Trinajstić information content (AvgIpc) is 2.35. The van der Waals surface area contributed by atoms with Gasteiger partial charge in [-0.3, -0.25) is 4.98 Å². The maximum atomic E-state index is 5.51. The van der Waals surface area contributed by atoms with E-state index in [0.29, 0.717) is 12.0 Å². The van der Waals surface area contributed by atoms with E-state index >= 15 is 0 Å². The van der Waals surface area contributed by atoms with Gasteiger partial charge in [0.15, 0.2) is 0 Å². The van der Waals surface area contributed by atoms with Crippen LogP contribution in [-0.4, -0.2) is 30.8 Å². The Labute approximate surface area is 110 Å². The molecule has 0 aliphatic carbocycles. The zero-order chi connectivity index (χ0) is 13.4. The summed E-state index contributed by atoms with van der Waals surface area (Å²) in [6.07, 6.45) is 3.68. The lowest BCUT2D eigenvalue weighted by Crippen LogP contribution is -2.31. The smallest absolute Gasteiger partial charge is 0.0670 e. The van der Waals surface area contributed by atoms with Crippen LogP contribution >= 0.6 is 0 Å². The molecule has 0 saturated heterocycles.